The topological polar surface area (TPSA) is 20.2 Å². The third-order valence-corrected chi connectivity index (χ3v) is 2.14. The molecule has 0 saturated carbocycles. The number of halogens is 4. The zero-order valence-corrected chi connectivity index (χ0v) is 8.69. The number of benzene rings is 1. The Morgan fingerprint density at radius 2 is 1.86 bits per heavy atom. The highest BCUT2D eigenvalue weighted by molar-refractivity contribution is 9.10. The molecule has 0 unspecified atom stereocenters. The van der Waals surface area contributed by atoms with Crippen molar-refractivity contribution in [1.82, 2.24) is 0 Å². The molecule has 0 fully saturated rings. The van der Waals surface area contributed by atoms with Crippen LogP contribution < -0.4 is 0 Å². The second-order valence-corrected chi connectivity index (χ2v) is 3.74. The van der Waals surface area contributed by atoms with Crippen molar-refractivity contribution in [1.29, 1.82) is 0 Å². The van der Waals surface area contributed by atoms with Gasteiger partial charge in [0.2, 0.25) is 0 Å². The molecule has 5 heteroatoms. The Balaban J connectivity index is 3.07. The number of rotatable bonds is 2. The van der Waals surface area contributed by atoms with Gasteiger partial charge in [-0.15, -0.1) is 0 Å². The van der Waals surface area contributed by atoms with Crippen LogP contribution in [-0.4, -0.2) is 11.7 Å². The molecule has 78 valence electrons. The van der Waals surface area contributed by atoms with Gasteiger partial charge in [-0.3, -0.25) is 0 Å². The van der Waals surface area contributed by atoms with E-state index < -0.39 is 11.7 Å². The van der Waals surface area contributed by atoms with Crippen LogP contribution in [0.15, 0.2) is 22.7 Å². The normalized spacial score (nSPS) is 11.8. The lowest BCUT2D eigenvalue weighted by Crippen LogP contribution is -2.06. The van der Waals surface area contributed by atoms with Crippen molar-refractivity contribution in [3.8, 4) is 0 Å². The van der Waals surface area contributed by atoms with Gasteiger partial charge in [-0.2, -0.15) is 13.2 Å². The maximum Gasteiger partial charge on any atom is 0.416 e. The second-order valence-electron chi connectivity index (χ2n) is 2.82. The molecule has 0 aromatic heterocycles. The van der Waals surface area contributed by atoms with Crippen LogP contribution in [0.3, 0.4) is 0 Å². The monoisotopic (exact) mass is 268 g/mol. The first-order chi connectivity index (χ1) is 6.43. The molecule has 0 spiro atoms. The van der Waals surface area contributed by atoms with Crippen molar-refractivity contribution in [2.75, 3.05) is 6.61 Å². The molecule has 1 N–H and O–H groups in total. The largest absolute Gasteiger partial charge is 0.416 e. The van der Waals surface area contributed by atoms with Gasteiger partial charge in [0.15, 0.2) is 0 Å². The van der Waals surface area contributed by atoms with Gasteiger partial charge in [0.1, 0.15) is 0 Å². The highest BCUT2D eigenvalue weighted by Crippen LogP contribution is 2.32. The summed E-state index contributed by atoms with van der Waals surface area (Å²) in [6.07, 6.45) is -4.11. The van der Waals surface area contributed by atoms with E-state index in [-0.39, 0.29) is 13.0 Å². The summed E-state index contributed by atoms with van der Waals surface area (Å²) in [6.45, 7) is -0.159. The van der Waals surface area contributed by atoms with E-state index in [4.69, 9.17) is 5.11 Å². The van der Waals surface area contributed by atoms with Crippen LogP contribution in [-0.2, 0) is 12.6 Å². The van der Waals surface area contributed by atoms with Crippen LogP contribution in [0.2, 0.25) is 0 Å². The molecule has 1 aromatic carbocycles. The number of aliphatic hydroxyl groups excluding tert-OH is 1. The van der Waals surface area contributed by atoms with Crippen molar-refractivity contribution >= 4 is 15.9 Å². The van der Waals surface area contributed by atoms with E-state index in [9.17, 15) is 13.2 Å². The molecule has 0 aliphatic heterocycles. The van der Waals surface area contributed by atoms with Crippen molar-refractivity contribution in [2.45, 2.75) is 12.6 Å². The van der Waals surface area contributed by atoms with E-state index in [2.05, 4.69) is 15.9 Å². The molecule has 14 heavy (non-hydrogen) atoms. The molecule has 0 saturated heterocycles. The fourth-order valence-corrected chi connectivity index (χ4v) is 1.63. The minimum absolute atomic E-state index is 0.159. The zero-order valence-electron chi connectivity index (χ0n) is 7.11. The lowest BCUT2D eigenvalue weighted by Gasteiger charge is -2.09. The minimum atomic E-state index is -4.34. The van der Waals surface area contributed by atoms with Gasteiger partial charge < -0.3 is 5.11 Å². The molecular weight excluding hydrogens is 261 g/mol. The van der Waals surface area contributed by atoms with Crippen LogP contribution in [0.1, 0.15) is 11.1 Å². The quantitative estimate of drug-likeness (QED) is 0.875. The molecule has 0 heterocycles. The average molecular weight is 269 g/mol. The number of alkyl halides is 3. The number of hydrogen-bond donors (Lipinski definition) is 1. The predicted octanol–water partition coefficient (Wildman–Crippen LogP) is 3.00. The summed E-state index contributed by atoms with van der Waals surface area (Å²) >= 11 is 2.99. The number of aliphatic hydroxyl groups is 1. The first-order valence-electron chi connectivity index (χ1n) is 3.91. The van der Waals surface area contributed by atoms with Gasteiger partial charge in [-0.05, 0) is 30.2 Å². The Morgan fingerprint density at radius 3 is 2.36 bits per heavy atom. The molecule has 1 nitrogen and oxygen atoms in total. The van der Waals surface area contributed by atoms with Gasteiger partial charge in [0.05, 0.1) is 5.56 Å². The maximum absolute atomic E-state index is 12.3. The Morgan fingerprint density at radius 1 is 1.21 bits per heavy atom. The van der Waals surface area contributed by atoms with Gasteiger partial charge >= 0.3 is 6.18 Å². The summed E-state index contributed by atoms with van der Waals surface area (Å²) in [5.41, 5.74) is -0.232. The first kappa shape index (κ1) is 11.5. The molecule has 0 radical (unpaired) electrons. The summed E-state index contributed by atoms with van der Waals surface area (Å²) in [7, 11) is 0. The van der Waals surface area contributed by atoms with E-state index in [0.29, 0.717) is 10.0 Å². The summed E-state index contributed by atoms with van der Waals surface area (Å²) in [5, 5.41) is 8.61. The molecule has 0 atom stereocenters. The van der Waals surface area contributed by atoms with E-state index in [1.807, 2.05) is 0 Å². The van der Waals surface area contributed by atoms with Gasteiger partial charge in [0.25, 0.3) is 0 Å². The SMILES string of the molecule is OCCc1cc(Br)cc(C(F)(F)F)c1. The highest BCUT2D eigenvalue weighted by Gasteiger charge is 2.30. The first-order valence-corrected chi connectivity index (χ1v) is 4.70. The fraction of sp³-hybridized carbons (Fsp3) is 0.333. The minimum Gasteiger partial charge on any atom is -0.396 e. The van der Waals surface area contributed by atoms with Crippen LogP contribution in [0.4, 0.5) is 13.2 Å². The standard InChI is InChI=1S/C9H8BrF3O/c10-8-4-6(1-2-14)3-7(5-8)9(11,12)13/h3-5,14H,1-2H2. The predicted molar refractivity (Wildman–Crippen MR) is 49.9 cm³/mol. The van der Waals surface area contributed by atoms with Crippen LogP contribution in [0, 0.1) is 0 Å². The lowest BCUT2D eigenvalue weighted by atomic mass is 10.1. The molecular formula is C9H8BrF3O. The average Bonchev–Trinajstić information content (AvgIpc) is 2.02. The molecule has 0 aliphatic carbocycles. The van der Waals surface area contributed by atoms with E-state index >= 15 is 0 Å². The Labute approximate surface area is 87.7 Å². The Bertz CT molecular complexity index is 322. The zero-order chi connectivity index (χ0) is 10.8. The molecule has 0 bridgehead atoms. The lowest BCUT2D eigenvalue weighted by molar-refractivity contribution is -0.137. The second kappa shape index (κ2) is 4.31. The molecule has 0 amide bonds. The fourth-order valence-electron chi connectivity index (χ4n) is 1.09. The summed E-state index contributed by atoms with van der Waals surface area (Å²) in [6, 6.07) is 3.62. The van der Waals surface area contributed by atoms with Crippen LogP contribution >= 0.6 is 15.9 Å². The van der Waals surface area contributed by atoms with E-state index in [0.717, 1.165) is 12.1 Å². The van der Waals surface area contributed by atoms with Crippen LogP contribution in [0.25, 0.3) is 0 Å². The van der Waals surface area contributed by atoms with Gasteiger partial charge in [-0.1, -0.05) is 15.9 Å². The Hall–Kier alpha value is -0.550. The summed E-state index contributed by atoms with van der Waals surface area (Å²) in [5.74, 6) is 0. The molecule has 1 rings (SSSR count). The molecule has 1 aromatic rings. The van der Waals surface area contributed by atoms with Crippen molar-refractivity contribution in [3.63, 3.8) is 0 Å². The Kier molecular flexibility index (Phi) is 3.55. The third kappa shape index (κ3) is 2.99. The van der Waals surface area contributed by atoms with Gasteiger partial charge in [0, 0.05) is 11.1 Å². The summed E-state index contributed by atoms with van der Waals surface area (Å²) in [4.78, 5) is 0. The van der Waals surface area contributed by atoms with Crippen molar-refractivity contribution in [3.05, 3.63) is 33.8 Å². The molecule has 0 aliphatic rings. The third-order valence-electron chi connectivity index (χ3n) is 1.69. The smallest absolute Gasteiger partial charge is 0.396 e. The maximum atomic E-state index is 12.3. The van der Waals surface area contributed by atoms with E-state index in [1.54, 1.807) is 6.07 Å². The number of hydrogen-bond acceptors (Lipinski definition) is 1. The highest BCUT2D eigenvalue weighted by atomic mass is 79.9. The van der Waals surface area contributed by atoms with E-state index in [1.165, 1.54) is 0 Å². The van der Waals surface area contributed by atoms with Crippen molar-refractivity contribution < 1.29 is 18.3 Å². The van der Waals surface area contributed by atoms with Crippen LogP contribution in [0.5, 0.6) is 0 Å². The summed E-state index contributed by atoms with van der Waals surface area (Å²) < 4.78 is 37.3. The van der Waals surface area contributed by atoms with Gasteiger partial charge in [-0.25, -0.2) is 0 Å². The van der Waals surface area contributed by atoms with Crippen molar-refractivity contribution in [2.24, 2.45) is 0 Å².